The number of nitrogens with zero attached hydrogens (tertiary/aromatic N) is 3. The summed E-state index contributed by atoms with van der Waals surface area (Å²) in [6.07, 6.45) is 10.9. The van der Waals surface area contributed by atoms with Gasteiger partial charge in [0.1, 0.15) is 5.82 Å². The summed E-state index contributed by atoms with van der Waals surface area (Å²) in [4.78, 5) is 11.9. The first kappa shape index (κ1) is 19.3. The Bertz CT molecular complexity index is 509. The quantitative estimate of drug-likeness (QED) is 0.515. The molecule has 1 saturated carbocycles. The fourth-order valence-corrected chi connectivity index (χ4v) is 3.92. The van der Waals surface area contributed by atoms with Crippen LogP contribution in [0.4, 0.5) is 0 Å². The molecule has 1 aliphatic rings. The van der Waals surface area contributed by atoms with Crippen LogP contribution < -0.4 is 5.32 Å². The molecule has 1 aromatic heterocycles. The van der Waals surface area contributed by atoms with Crippen LogP contribution in [0.25, 0.3) is 0 Å². The monoisotopic (exact) mass is 352 g/mol. The molecule has 0 atom stereocenters. The Labute approximate surface area is 150 Å². The van der Waals surface area contributed by atoms with E-state index >= 15 is 0 Å². The Morgan fingerprint density at radius 3 is 2.75 bits per heavy atom. The van der Waals surface area contributed by atoms with Gasteiger partial charge in [0.05, 0.1) is 0 Å². The molecule has 2 rings (SSSR count). The molecule has 136 valence electrons. The van der Waals surface area contributed by atoms with E-state index in [2.05, 4.69) is 33.9 Å². The van der Waals surface area contributed by atoms with Crippen molar-refractivity contribution >= 4 is 17.7 Å². The molecule has 1 aliphatic carbocycles. The Balaban J connectivity index is 1.68. The largest absolute Gasteiger partial charge is 0.356 e. The molecule has 1 heterocycles. The zero-order valence-electron chi connectivity index (χ0n) is 15.4. The lowest BCUT2D eigenvalue weighted by atomic mass is 10.0. The summed E-state index contributed by atoms with van der Waals surface area (Å²) in [5, 5.41) is 12.6. The van der Waals surface area contributed by atoms with Crippen molar-refractivity contribution in [1.29, 1.82) is 0 Å². The molecule has 0 aromatic carbocycles. The first-order chi connectivity index (χ1) is 11.6. The van der Waals surface area contributed by atoms with E-state index in [4.69, 9.17) is 0 Å². The molecule has 24 heavy (non-hydrogen) atoms. The fraction of sp³-hybridized carbons (Fsp3) is 0.833. The van der Waals surface area contributed by atoms with E-state index in [-0.39, 0.29) is 5.91 Å². The zero-order valence-corrected chi connectivity index (χ0v) is 16.2. The summed E-state index contributed by atoms with van der Waals surface area (Å²) in [6, 6.07) is 0. The van der Waals surface area contributed by atoms with Crippen molar-refractivity contribution in [2.75, 3.05) is 12.8 Å². The summed E-state index contributed by atoms with van der Waals surface area (Å²) in [6.45, 7) is 6.09. The third-order valence-corrected chi connectivity index (χ3v) is 5.34. The van der Waals surface area contributed by atoms with Gasteiger partial charge in [-0.25, -0.2) is 0 Å². The second-order valence-electron chi connectivity index (χ2n) is 7.25. The average molecular weight is 353 g/mol. The molecule has 0 unspecified atom stereocenters. The minimum absolute atomic E-state index is 0.204. The molecule has 0 aliphatic heterocycles. The van der Waals surface area contributed by atoms with Gasteiger partial charge in [-0.2, -0.15) is 0 Å². The maximum absolute atomic E-state index is 11.9. The Morgan fingerprint density at radius 2 is 2.08 bits per heavy atom. The van der Waals surface area contributed by atoms with Crippen molar-refractivity contribution in [2.45, 2.75) is 76.9 Å². The number of aromatic nitrogens is 3. The van der Waals surface area contributed by atoms with Crippen LogP contribution in [-0.4, -0.2) is 33.5 Å². The normalized spacial score (nSPS) is 15.3. The number of thioether (sulfide) groups is 1. The lowest BCUT2D eigenvalue weighted by Gasteiger charge is -2.12. The van der Waals surface area contributed by atoms with Gasteiger partial charge in [0, 0.05) is 25.9 Å². The summed E-state index contributed by atoms with van der Waals surface area (Å²) in [7, 11) is 0. The van der Waals surface area contributed by atoms with E-state index in [1.165, 1.54) is 25.7 Å². The molecule has 1 aromatic rings. The van der Waals surface area contributed by atoms with Crippen LogP contribution in [0.2, 0.25) is 0 Å². The van der Waals surface area contributed by atoms with Crippen LogP contribution in [0.5, 0.6) is 0 Å². The molecule has 1 amide bonds. The number of rotatable bonds is 10. The van der Waals surface area contributed by atoms with E-state index in [1.807, 2.05) is 6.26 Å². The molecule has 0 radical (unpaired) electrons. The topological polar surface area (TPSA) is 59.8 Å². The number of hydrogen-bond donors (Lipinski definition) is 1. The van der Waals surface area contributed by atoms with Gasteiger partial charge in [-0.15, -0.1) is 10.2 Å². The van der Waals surface area contributed by atoms with Crippen molar-refractivity contribution in [3.63, 3.8) is 0 Å². The highest BCUT2D eigenvalue weighted by atomic mass is 32.2. The highest BCUT2D eigenvalue weighted by Crippen LogP contribution is 2.28. The maximum Gasteiger partial charge on any atom is 0.220 e. The van der Waals surface area contributed by atoms with Gasteiger partial charge < -0.3 is 9.88 Å². The van der Waals surface area contributed by atoms with Crippen molar-refractivity contribution in [3.8, 4) is 0 Å². The highest BCUT2D eigenvalue weighted by Gasteiger charge is 2.16. The number of carbonyl (C=O) groups is 1. The van der Waals surface area contributed by atoms with Crippen LogP contribution in [-0.2, 0) is 17.8 Å². The number of carbonyl (C=O) groups excluding carboxylic acids is 1. The third-order valence-electron chi connectivity index (χ3n) is 4.68. The second kappa shape index (κ2) is 10.1. The van der Waals surface area contributed by atoms with E-state index in [9.17, 15) is 4.79 Å². The van der Waals surface area contributed by atoms with Crippen LogP contribution in [0.15, 0.2) is 5.16 Å². The molecule has 1 fully saturated rings. The van der Waals surface area contributed by atoms with Gasteiger partial charge >= 0.3 is 0 Å². The van der Waals surface area contributed by atoms with Gasteiger partial charge in [-0.3, -0.25) is 4.79 Å². The average Bonchev–Trinajstić information content (AvgIpc) is 3.19. The predicted molar refractivity (Wildman–Crippen MR) is 99.2 cm³/mol. The van der Waals surface area contributed by atoms with E-state index in [0.29, 0.717) is 12.3 Å². The van der Waals surface area contributed by atoms with Crippen molar-refractivity contribution in [3.05, 3.63) is 5.82 Å². The molecule has 0 saturated heterocycles. The maximum atomic E-state index is 11.9. The third kappa shape index (κ3) is 6.11. The van der Waals surface area contributed by atoms with Crippen LogP contribution in [0.3, 0.4) is 0 Å². The lowest BCUT2D eigenvalue weighted by molar-refractivity contribution is -0.121. The molecular formula is C18H32N4OS. The van der Waals surface area contributed by atoms with Gasteiger partial charge in [-0.05, 0) is 30.9 Å². The predicted octanol–water partition coefficient (Wildman–Crippen LogP) is 3.68. The van der Waals surface area contributed by atoms with Crippen molar-refractivity contribution in [1.82, 2.24) is 20.1 Å². The van der Waals surface area contributed by atoms with E-state index in [0.717, 1.165) is 49.3 Å². The lowest BCUT2D eigenvalue weighted by Crippen LogP contribution is -2.25. The number of aryl methyl sites for hydroxylation is 1. The summed E-state index contributed by atoms with van der Waals surface area (Å²) < 4.78 is 2.22. The minimum Gasteiger partial charge on any atom is -0.356 e. The molecule has 5 nitrogen and oxygen atoms in total. The summed E-state index contributed by atoms with van der Waals surface area (Å²) in [5.74, 6) is 2.60. The van der Waals surface area contributed by atoms with Crippen molar-refractivity contribution in [2.24, 2.45) is 11.8 Å². The number of nitrogens with one attached hydrogen (secondary N) is 1. The van der Waals surface area contributed by atoms with Crippen LogP contribution in [0.1, 0.15) is 64.6 Å². The molecular weight excluding hydrogens is 320 g/mol. The second-order valence-corrected chi connectivity index (χ2v) is 8.02. The van der Waals surface area contributed by atoms with E-state index < -0.39 is 0 Å². The Kier molecular flexibility index (Phi) is 8.09. The van der Waals surface area contributed by atoms with Crippen LogP contribution >= 0.6 is 11.8 Å². The number of hydrogen-bond acceptors (Lipinski definition) is 4. The van der Waals surface area contributed by atoms with Gasteiger partial charge in [-0.1, -0.05) is 51.3 Å². The molecule has 1 N–H and O–H groups in total. The summed E-state index contributed by atoms with van der Waals surface area (Å²) in [5.41, 5.74) is 0. The Hall–Kier alpha value is -1.04. The van der Waals surface area contributed by atoms with Crippen LogP contribution in [0, 0.1) is 11.8 Å². The van der Waals surface area contributed by atoms with E-state index in [1.54, 1.807) is 11.8 Å². The minimum atomic E-state index is 0.204. The highest BCUT2D eigenvalue weighted by molar-refractivity contribution is 7.98. The first-order valence-corrected chi connectivity index (χ1v) is 10.6. The van der Waals surface area contributed by atoms with Gasteiger partial charge in [0.15, 0.2) is 5.16 Å². The fourth-order valence-electron chi connectivity index (χ4n) is 3.40. The first-order valence-electron chi connectivity index (χ1n) is 9.33. The van der Waals surface area contributed by atoms with Crippen molar-refractivity contribution < 1.29 is 4.79 Å². The molecule has 0 bridgehead atoms. The molecule has 0 spiro atoms. The van der Waals surface area contributed by atoms with Gasteiger partial charge in [0.2, 0.25) is 5.91 Å². The number of amides is 1. The standard InChI is InChI=1S/C18H32N4OS/c1-14(2)13-22-16(20-21-18(22)24-3)9-6-12-19-17(23)11-10-15-7-4-5-8-15/h14-15H,4-13H2,1-3H3,(H,19,23). The Morgan fingerprint density at radius 1 is 1.33 bits per heavy atom. The summed E-state index contributed by atoms with van der Waals surface area (Å²) >= 11 is 1.64. The SMILES string of the molecule is CSc1nnc(CCCNC(=O)CCC2CCCC2)n1CC(C)C. The van der Waals surface area contributed by atoms with Gasteiger partial charge in [0.25, 0.3) is 0 Å². The molecule has 6 heteroatoms. The zero-order chi connectivity index (χ0) is 17.4. The smallest absolute Gasteiger partial charge is 0.220 e.